The van der Waals surface area contributed by atoms with Crippen LogP contribution in [0.15, 0.2) is 43.1 Å². The molecule has 41 heavy (non-hydrogen) atoms. The van der Waals surface area contributed by atoms with Crippen LogP contribution in [0.4, 0.5) is 13.2 Å². The van der Waals surface area contributed by atoms with Gasteiger partial charge in [0, 0.05) is 61.6 Å². The number of halogens is 3. The zero-order chi connectivity index (χ0) is 28.6. The van der Waals surface area contributed by atoms with Gasteiger partial charge in [-0.25, -0.2) is 15.0 Å². The Morgan fingerprint density at radius 3 is 2.73 bits per heavy atom. The van der Waals surface area contributed by atoms with Crippen LogP contribution < -0.4 is 10.1 Å². The predicted octanol–water partition coefficient (Wildman–Crippen LogP) is 3.95. The maximum absolute atomic E-state index is 13.5. The third-order valence-electron chi connectivity index (χ3n) is 7.89. The van der Waals surface area contributed by atoms with Crippen molar-refractivity contribution in [1.82, 2.24) is 39.9 Å². The molecule has 0 aromatic carbocycles. The summed E-state index contributed by atoms with van der Waals surface area (Å²) < 4.78 is 48.3. The Balaban J connectivity index is 1.02. The SMILES string of the molecule is CC(O)CNCc1cc(OC2CCN(C3CC(n4cc(-c5ncnc6[nH]ccc56)cn4)C3)CC2)nc(C(F)(F)F)c1. The molecule has 0 amide bonds. The van der Waals surface area contributed by atoms with E-state index >= 15 is 0 Å². The van der Waals surface area contributed by atoms with Crippen LogP contribution in [-0.2, 0) is 12.7 Å². The molecule has 0 radical (unpaired) electrons. The first-order valence-electron chi connectivity index (χ1n) is 13.9. The molecule has 1 saturated heterocycles. The first-order valence-corrected chi connectivity index (χ1v) is 13.9. The molecule has 13 heteroatoms. The van der Waals surface area contributed by atoms with E-state index in [1.165, 1.54) is 0 Å². The van der Waals surface area contributed by atoms with Crippen molar-refractivity contribution in [3.05, 3.63) is 54.4 Å². The molecule has 1 saturated carbocycles. The molecule has 10 nitrogen and oxygen atoms in total. The third kappa shape index (κ3) is 6.21. The van der Waals surface area contributed by atoms with Crippen molar-refractivity contribution in [1.29, 1.82) is 0 Å². The van der Waals surface area contributed by atoms with Gasteiger partial charge in [0.2, 0.25) is 5.88 Å². The summed E-state index contributed by atoms with van der Waals surface area (Å²) in [6.07, 6.45) is 5.38. The second kappa shape index (κ2) is 11.4. The van der Waals surface area contributed by atoms with E-state index < -0.39 is 18.0 Å². The van der Waals surface area contributed by atoms with Gasteiger partial charge < -0.3 is 20.1 Å². The van der Waals surface area contributed by atoms with Crippen LogP contribution >= 0.6 is 0 Å². The minimum Gasteiger partial charge on any atom is -0.474 e. The van der Waals surface area contributed by atoms with Crippen molar-refractivity contribution >= 4 is 11.0 Å². The largest absolute Gasteiger partial charge is 0.474 e. The highest BCUT2D eigenvalue weighted by Gasteiger charge is 2.38. The van der Waals surface area contributed by atoms with Crippen molar-refractivity contribution in [2.75, 3.05) is 19.6 Å². The number of aliphatic hydroxyl groups is 1. The molecule has 6 rings (SSSR count). The fourth-order valence-corrected chi connectivity index (χ4v) is 5.66. The average molecular weight is 571 g/mol. The van der Waals surface area contributed by atoms with Gasteiger partial charge in [0.15, 0.2) is 0 Å². The maximum Gasteiger partial charge on any atom is 0.433 e. The number of H-pyrrole nitrogens is 1. The lowest BCUT2D eigenvalue weighted by molar-refractivity contribution is -0.141. The molecule has 5 heterocycles. The van der Waals surface area contributed by atoms with Crippen LogP contribution in [-0.4, -0.2) is 77.6 Å². The zero-order valence-corrected chi connectivity index (χ0v) is 22.7. The molecule has 1 atom stereocenters. The number of nitrogens with zero attached hydrogens (tertiary/aromatic N) is 6. The Labute approximate surface area is 235 Å². The van der Waals surface area contributed by atoms with E-state index in [0.717, 1.165) is 67.1 Å². The summed E-state index contributed by atoms with van der Waals surface area (Å²) in [6, 6.07) is 5.31. The summed E-state index contributed by atoms with van der Waals surface area (Å²) in [6.45, 7) is 3.71. The van der Waals surface area contributed by atoms with E-state index in [9.17, 15) is 18.3 Å². The van der Waals surface area contributed by atoms with E-state index in [-0.39, 0.29) is 25.1 Å². The molecule has 2 aliphatic rings. The number of hydrogen-bond acceptors (Lipinski definition) is 8. The zero-order valence-electron chi connectivity index (χ0n) is 22.7. The van der Waals surface area contributed by atoms with Gasteiger partial charge in [-0.2, -0.15) is 18.3 Å². The number of alkyl halides is 3. The third-order valence-corrected chi connectivity index (χ3v) is 7.89. The number of rotatable bonds is 9. The number of aromatic amines is 1. The van der Waals surface area contributed by atoms with E-state index in [1.54, 1.807) is 19.3 Å². The van der Waals surface area contributed by atoms with Gasteiger partial charge in [0.1, 0.15) is 23.8 Å². The summed E-state index contributed by atoms with van der Waals surface area (Å²) in [5, 5.41) is 17.9. The molecule has 0 spiro atoms. The number of aliphatic hydroxyl groups excluding tert-OH is 1. The predicted molar refractivity (Wildman–Crippen MR) is 145 cm³/mol. The van der Waals surface area contributed by atoms with Gasteiger partial charge in [-0.15, -0.1) is 0 Å². The molecular formula is C28H33F3N8O2. The van der Waals surface area contributed by atoms with Crippen molar-refractivity contribution in [3.8, 4) is 17.1 Å². The van der Waals surface area contributed by atoms with Crippen LogP contribution in [0.1, 0.15) is 49.9 Å². The normalized spacial score (nSPS) is 21.2. The second-order valence-corrected chi connectivity index (χ2v) is 11.0. The monoisotopic (exact) mass is 570 g/mol. The Kier molecular flexibility index (Phi) is 7.66. The lowest BCUT2D eigenvalue weighted by Gasteiger charge is -2.45. The van der Waals surface area contributed by atoms with Crippen LogP contribution in [0.3, 0.4) is 0 Å². The number of fused-ring (bicyclic) bond motifs is 1. The van der Waals surface area contributed by atoms with Crippen molar-refractivity contribution in [3.63, 3.8) is 0 Å². The Bertz CT molecular complexity index is 1470. The number of likely N-dealkylation sites (tertiary alicyclic amines) is 1. The Hall–Kier alpha value is -3.55. The van der Waals surface area contributed by atoms with Gasteiger partial charge in [-0.3, -0.25) is 9.58 Å². The van der Waals surface area contributed by atoms with Gasteiger partial charge in [-0.05, 0) is 50.3 Å². The topological polar surface area (TPSA) is 117 Å². The molecule has 4 aromatic rings. The van der Waals surface area contributed by atoms with Gasteiger partial charge in [0.25, 0.3) is 0 Å². The van der Waals surface area contributed by atoms with Crippen LogP contribution in [0.2, 0.25) is 0 Å². The summed E-state index contributed by atoms with van der Waals surface area (Å²) in [5.74, 6) is -0.00841. The molecule has 2 fully saturated rings. The fourth-order valence-electron chi connectivity index (χ4n) is 5.66. The highest BCUT2D eigenvalue weighted by atomic mass is 19.4. The minimum absolute atomic E-state index is 0.00841. The minimum atomic E-state index is -4.57. The number of hydrogen-bond donors (Lipinski definition) is 3. The smallest absolute Gasteiger partial charge is 0.433 e. The van der Waals surface area contributed by atoms with E-state index in [4.69, 9.17) is 4.74 Å². The highest BCUT2D eigenvalue weighted by molar-refractivity contribution is 5.89. The number of aromatic nitrogens is 6. The quantitative estimate of drug-likeness (QED) is 0.277. The average Bonchev–Trinajstić information content (AvgIpc) is 3.58. The second-order valence-electron chi connectivity index (χ2n) is 11.0. The molecule has 0 bridgehead atoms. The molecular weight excluding hydrogens is 537 g/mol. The van der Waals surface area contributed by atoms with Crippen molar-refractivity contribution in [2.24, 2.45) is 0 Å². The Morgan fingerprint density at radius 1 is 1.17 bits per heavy atom. The molecule has 218 valence electrons. The van der Waals surface area contributed by atoms with Crippen LogP contribution in [0, 0.1) is 0 Å². The number of nitrogens with one attached hydrogen (secondary N) is 2. The van der Waals surface area contributed by atoms with Crippen molar-refractivity contribution < 1.29 is 23.0 Å². The standard InChI is InChI=1S/C28H33F3N8O2/c1-17(40)12-32-13-18-8-24(28(29,30)31)37-25(9-18)41-22-3-6-38(7-4-22)20-10-21(11-20)39-15-19(14-36-39)26-23-2-5-33-27(23)35-16-34-26/h2,5,8-9,14-17,20-22,32,40H,3-4,6-7,10-13H2,1H3,(H,33,34,35). The van der Waals surface area contributed by atoms with E-state index in [0.29, 0.717) is 17.6 Å². The van der Waals surface area contributed by atoms with Crippen LogP contribution in [0.25, 0.3) is 22.3 Å². The number of pyridine rings is 1. The molecule has 4 aromatic heterocycles. The van der Waals surface area contributed by atoms with Gasteiger partial charge in [-0.1, -0.05) is 0 Å². The van der Waals surface area contributed by atoms with Crippen molar-refractivity contribution in [2.45, 2.75) is 69.6 Å². The first kappa shape index (κ1) is 27.6. The van der Waals surface area contributed by atoms with E-state index in [2.05, 4.69) is 35.3 Å². The summed E-state index contributed by atoms with van der Waals surface area (Å²) >= 11 is 0. The summed E-state index contributed by atoms with van der Waals surface area (Å²) in [7, 11) is 0. The molecule has 1 unspecified atom stereocenters. The summed E-state index contributed by atoms with van der Waals surface area (Å²) in [5.41, 5.74) is 2.07. The Morgan fingerprint density at radius 2 is 1.98 bits per heavy atom. The highest BCUT2D eigenvalue weighted by Crippen LogP contribution is 2.38. The van der Waals surface area contributed by atoms with Gasteiger partial charge in [0.05, 0.1) is 24.0 Å². The molecule has 1 aliphatic carbocycles. The lowest BCUT2D eigenvalue weighted by atomic mass is 9.84. The number of ether oxygens (including phenoxy) is 1. The van der Waals surface area contributed by atoms with E-state index in [1.807, 2.05) is 29.3 Å². The molecule has 3 N–H and O–H groups in total. The van der Waals surface area contributed by atoms with Gasteiger partial charge >= 0.3 is 6.18 Å². The fraction of sp³-hybridized carbons (Fsp3) is 0.500. The maximum atomic E-state index is 13.5. The molecule has 1 aliphatic heterocycles. The summed E-state index contributed by atoms with van der Waals surface area (Å²) in [4.78, 5) is 18.0. The lowest BCUT2D eigenvalue weighted by Crippen LogP contribution is -2.50. The number of piperidine rings is 1. The first-order chi connectivity index (χ1) is 19.7. The van der Waals surface area contributed by atoms with Crippen LogP contribution in [0.5, 0.6) is 5.88 Å².